The SMILES string of the molecule is COc1ccc(CNNc2ccccc2)cc1OCc1ccccc1F. The monoisotopic (exact) mass is 352 g/mol. The summed E-state index contributed by atoms with van der Waals surface area (Å²) in [4.78, 5) is 0. The lowest BCUT2D eigenvalue weighted by molar-refractivity contribution is 0.279. The van der Waals surface area contributed by atoms with Crippen LogP contribution in [0.4, 0.5) is 10.1 Å². The molecular weight excluding hydrogens is 331 g/mol. The third kappa shape index (κ3) is 4.74. The third-order valence-corrected chi connectivity index (χ3v) is 3.87. The molecule has 0 bridgehead atoms. The fraction of sp³-hybridized carbons (Fsp3) is 0.143. The van der Waals surface area contributed by atoms with E-state index in [1.807, 2.05) is 48.5 Å². The maximum absolute atomic E-state index is 13.8. The number of hydrazine groups is 1. The van der Waals surface area contributed by atoms with Crippen LogP contribution in [0.3, 0.4) is 0 Å². The van der Waals surface area contributed by atoms with Crippen LogP contribution in [0, 0.1) is 5.82 Å². The Morgan fingerprint density at radius 2 is 1.65 bits per heavy atom. The highest BCUT2D eigenvalue weighted by molar-refractivity contribution is 5.44. The highest BCUT2D eigenvalue weighted by Gasteiger charge is 2.08. The number of methoxy groups -OCH3 is 1. The molecule has 5 heteroatoms. The highest BCUT2D eigenvalue weighted by Crippen LogP contribution is 2.29. The van der Waals surface area contributed by atoms with Crippen molar-refractivity contribution in [2.45, 2.75) is 13.2 Å². The van der Waals surface area contributed by atoms with Crippen molar-refractivity contribution in [1.82, 2.24) is 5.43 Å². The molecule has 3 aromatic carbocycles. The first-order valence-corrected chi connectivity index (χ1v) is 8.33. The minimum absolute atomic E-state index is 0.141. The van der Waals surface area contributed by atoms with Crippen LogP contribution in [-0.4, -0.2) is 7.11 Å². The molecule has 0 saturated carbocycles. The summed E-state index contributed by atoms with van der Waals surface area (Å²) in [6.45, 7) is 0.733. The first-order valence-electron chi connectivity index (χ1n) is 8.33. The standard InChI is InChI=1S/C21H21FN2O2/c1-25-20-12-11-16(14-23-24-18-8-3-2-4-9-18)13-21(20)26-15-17-7-5-6-10-19(17)22/h2-13,23-24H,14-15H2,1H3. The molecule has 0 amide bonds. The quantitative estimate of drug-likeness (QED) is 0.585. The molecule has 0 saturated heterocycles. The van der Waals surface area contributed by atoms with Gasteiger partial charge < -0.3 is 14.9 Å². The summed E-state index contributed by atoms with van der Waals surface area (Å²) in [5, 5.41) is 0. The van der Waals surface area contributed by atoms with Crippen molar-refractivity contribution in [3.63, 3.8) is 0 Å². The van der Waals surface area contributed by atoms with Gasteiger partial charge in [-0.2, -0.15) is 0 Å². The molecule has 0 radical (unpaired) electrons. The minimum Gasteiger partial charge on any atom is -0.493 e. The first kappa shape index (κ1) is 17.8. The van der Waals surface area contributed by atoms with Crippen molar-refractivity contribution >= 4 is 5.69 Å². The van der Waals surface area contributed by atoms with Crippen LogP contribution in [0.1, 0.15) is 11.1 Å². The Balaban J connectivity index is 1.63. The van der Waals surface area contributed by atoms with Gasteiger partial charge in [-0.05, 0) is 35.9 Å². The zero-order chi connectivity index (χ0) is 18.2. The van der Waals surface area contributed by atoms with E-state index in [1.54, 1.807) is 25.3 Å². The van der Waals surface area contributed by atoms with Gasteiger partial charge in [-0.15, -0.1) is 0 Å². The molecule has 0 aromatic heterocycles. The Labute approximate surface area is 152 Å². The number of nitrogens with one attached hydrogen (secondary N) is 2. The summed E-state index contributed by atoms with van der Waals surface area (Å²) in [5.41, 5.74) is 8.79. The minimum atomic E-state index is -0.281. The normalized spacial score (nSPS) is 10.4. The molecule has 0 aliphatic heterocycles. The smallest absolute Gasteiger partial charge is 0.161 e. The van der Waals surface area contributed by atoms with Gasteiger partial charge in [-0.3, -0.25) is 0 Å². The molecule has 0 atom stereocenters. The Morgan fingerprint density at radius 3 is 2.42 bits per heavy atom. The van der Waals surface area contributed by atoms with Gasteiger partial charge in [0.25, 0.3) is 0 Å². The van der Waals surface area contributed by atoms with E-state index in [9.17, 15) is 4.39 Å². The number of ether oxygens (including phenoxy) is 2. The maximum atomic E-state index is 13.8. The predicted molar refractivity (Wildman–Crippen MR) is 101 cm³/mol. The number of para-hydroxylation sites is 1. The van der Waals surface area contributed by atoms with Crippen LogP contribution < -0.4 is 20.3 Å². The lowest BCUT2D eigenvalue weighted by Crippen LogP contribution is -2.20. The molecule has 134 valence electrons. The molecule has 0 fully saturated rings. The van der Waals surface area contributed by atoms with Crippen LogP contribution in [0.5, 0.6) is 11.5 Å². The third-order valence-electron chi connectivity index (χ3n) is 3.87. The van der Waals surface area contributed by atoms with E-state index < -0.39 is 0 Å². The van der Waals surface area contributed by atoms with Gasteiger partial charge in [0.05, 0.1) is 7.11 Å². The van der Waals surface area contributed by atoms with Crippen molar-refractivity contribution in [2.75, 3.05) is 12.5 Å². The van der Waals surface area contributed by atoms with Crippen molar-refractivity contribution in [1.29, 1.82) is 0 Å². The fourth-order valence-electron chi connectivity index (χ4n) is 2.48. The van der Waals surface area contributed by atoms with E-state index in [1.165, 1.54) is 6.07 Å². The van der Waals surface area contributed by atoms with Crippen molar-refractivity contribution in [3.05, 3.63) is 89.7 Å². The summed E-state index contributed by atoms with van der Waals surface area (Å²) in [6, 6.07) is 22.1. The zero-order valence-corrected chi connectivity index (χ0v) is 14.5. The van der Waals surface area contributed by atoms with Gasteiger partial charge in [0, 0.05) is 17.8 Å². The number of halogens is 1. The molecule has 2 N–H and O–H groups in total. The van der Waals surface area contributed by atoms with Gasteiger partial charge in [0.1, 0.15) is 12.4 Å². The van der Waals surface area contributed by atoms with Gasteiger partial charge in [0.2, 0.25) is 0 Å². The van der Waals surface area contributed by atoms with Crippen molar-refractivity contribution in [2.24, 2.45) is 0 Å². The van der Waals surface area contributed by atoms with Gasteiger partial charge >= 0.3 is 0 Å². The summed E-state index contributed by atoms with van der Waals surface area (Å²) in [5.74, 6) is 0.909. The van der Waals surface area contributed by atoms with E-state index >= 15 is 0 Å². The highest BCUT2D eigenvalue weighted by atomic mass is 19.1. The Bertz CT molecular complexity index is 840. The molecule has 3 aromatic rings. The second-order valence-corrected chi connectivity index (χ2v) is 5.71. The van der Waals surface area contributed by atoms with Gasteiger partial charge in [0.15, 0.2) is 11.5 Å². The molecule has 0 unspecified atom stereocenters. The molecule has 0 aliphatic rings. The molecule has 26 heavy (non-hydrogen) atoms. The van der Waals surface area contributed by atoms with Gasteiger partial charge in [-0.25, -0.2) is 9.82 Å². The molecule has 0 spiro atoms. The average Bonchev–Trinajstić information content (AvgIpc) is 2.68. The van der Waals surface area contributed by atoms with Crippen molar-refractivity contribution < 1.29 is 13.9 Å². The van der Waals surface area contributed by atoms with Gasteiger partial charge in [-0.1, -0.05) is 42.5 Å². The molecular formula is C21H21FN2O2. The van der Waals surface area contributed by atoms with E-state index in [4.69, 9.17) is 9.47 Å². The Kier molecular flexibility index (Phi) is 6.06. The number of hydrogen-bond acceptors (Lipinski definition) is 4. The maximum Gasteiger partial charge on any atom is 0.161 e. The number of anilines is 1. The van der Waals surface area contributed by atoms with E-state index in [0.29, 0.717) is 23.6 Å². The summed E-state index contributed by atoms with van der Waals surface area (Å²) in [7, 11) is 1.58. The van der Waals surface area contributed by atoms with E-state index in [0.717, 1.165) is 11.3 Å². The lowest BCUT2D eigenvalue weighted by Gasteiger charge is -2.14. The Hall–Kier alpha value is -3.05. The second kappa shape index (κ2) is 8.87. The first-order chi connectivity index (χ1) is 12.8. The molecule has 0 heterocycles. The largest absolute Gasteiger partial charge is 0.493 e. The molecule has 3 rings (SSSR count). The van der Waals surface area contributed by atoms with Crippen LogP contribution in [0.2, 0.25) is 0 Å². The zero-order valence-electron chi connectivity index (χ0n) is 14.5. The van der Waals surface area contributed by atoms with Crippen LogP contribution in [-0.2, 0) is 13.2 Å². The number of hydrogen-bond donors (Lipinski definition) is 2. The van der Waals surface area contributed by atoms with E-state index in [2.05, 4.69) is 10.9 Å². The number of rotatable bonds is 8. The molecule has 0 aliphatic carbocycles. The molecule has 4 nitrogen and oxygen atoms in total. The topological polar surface area (TPSA) is 42.5 Å². The second-order valence-electron chi connectivity index (χ2n) is 5.71. The van der Waals surface area contributed by atoms with Crippen LogP contribution in [0.15, 0.2) is 72.8 Å². The predicted octanol–water partition coefficient (Wildman–Crippen LogP) is 4.53. The van der Waals surface area contributed by atoms with E-state index in [-0.39, 0.29) is 12.4 Å². The average molecular weight is 352 g/mol. The summed E-state index contributed by atoms with van der Waals surface area (Å²) in [6.07, 6.45) is 0. The summed E-state index contributed by atoms with van der Waals surface area (Å²) < 4.78 is 24.9. The van der Waals surface area contributed by atoms with Crippen molar-refractivity contribution in [3.8, 4) is 11.5 Å². The fourth-order valence-corrected chi connectivity index (χ4v) is 2.48. The lowest BCUT2D eigenvalue weighted by atomic mass is 10.2. The van der Waals surface area contributed by atoms with Crippen LogP contribution >= 0.6 is 0 Å². The Morgan fingerprint density at radius 1 is 0.885 bits per heavy atom. The summed E-state index contributed by atoms with van der Waals surface area (Å²) >= 11 is 0. The van der Waals surface area contributed by atoms with Crippen LogP contribution in [0.25, 0.3) is 0 Å². The number of benzene rings is 3.